The van der Waals surface area contributed by atoms with Gasteiger partial charge in [0.25, 0.3) is 0 Å². The van der Waals surface area contributed by atoms with Gasteiger partial charge in [0, 0.05) is 0 Å². The molecular weight excluding hydrogens is 300 g/mol. The molecule has 0 aromatic heterocycles. The Bertz CT molecular complexity index is 642. The average Bonchev–Trinajstić information content (AvgIpc) is 2.59. The Hall–Kier alpha value is -2.67. The lowest BCUT2D eigenvalue weighted by Gasteiger charge is -2.07. The summed E-state index contributed by atoms with van der Waals surface area (Å²) in [5, 5.41) is 8.17. The summed E-state index contributed by atoms with van der Waals surface area (Å²) < 4.78 is 10.2. The molecular formula is C15H16N4O2S. The molecule has 0 spiro atoms. The molecule has 114 valence electrons. The summed E-state index contributed by atoms with van der Waals surface area (Å²) in [6, 6.07) is 14.6. The average molecular weight is 316 g/mol. The highest BCUT2D eigenvalue weighted by molar-refractivity contribution is 7.80. The van der Waals surface area contributed by atoms with Gasteiger partial charge in [-0.3, -0.25) is 10.9 Å². The lowest BCUT2D eigenvalue weighted by molar-refractivity contribution is 0.415. The topological polar surface area (TPSA) is 67.2 Å². The van der Waals surface area contributed by atoms with E-state index in [4.69, 9.17) is 21.7 Å². The molecule has 7 heteroatoms. The van der Waals surface area contributed by atoms with Crippen LogP contribution in [0.1, 0.15) is 0 Å². The summed E-state index contributed by atoms with van der Waals surface area (Å²) in [5.74, 6) is 1.55. The first kappa shape index (κ1) is 15.7. The van der Waals surface area contributed by atoms with E-state index in [1.165, 1.54) is 0 Å². The van der Waals surface area contributed by atoms with Gasteiger partial charge in [0.05, 0.1) is 25.6 Å². The van der Waals surface area contributed by atoms with Crippen molar-refractivity contribution in [2.75, 3.05) is 19.6 Å². The van der Waals surface area contributed by atoms with Crippen LogP contribution < -0.4 is 20.3 Å². The third-order valence-electron chi connectivity index (χ3n) is 2.73. The molecule has 0 heterocycles. The molecule has 0 fully saturated rings. The van der Waals surface area contributed by atoms with E-state index < -0.39 is 0 Å². The van der Waals surface area contributed by atoms with Crippen molar-refractivity contribution in [3.63, 3.8) is 0 Å². The largest absolute Gasteiger partial charge is 0.497 e. The molecule has 0 aliphatic heterocycles. The van der Waals surface area contributed by atoms with Crippen molar-refractivity contribution >= 4 is 28.7 Å². The number of ether oxygens (including phenoxy) is 2. The highest BCUT2D eigenvalue weighted by Crippen LogP contribution is 2.18. The van der Waals surface area contributed by atoms with Crippen LogP contribution in [-0.2, 0) is 0 Å². The number of hydrogen-bond donors (Lipinski definition) is 2. The van der Waals surface area contributed by atoms with E-state index in [1.807, 2.05) is 24.3 Å². The Morgan fingerprint density at radius 3 is 2.00 bits per heavy atom. The SMILES string of the molecule is COc1ccc(N=NC(=S)NNc2ccc(OC)cc2)cc1. The second kappa shape index (κ2) is 7.94. The number of thiocarbonyl (C=S) groups is 1. The first-order valence-corrected chi connectivity index (χ1v) is 6.88. The van der Waals surface area contributed by atoms with Gasteiger partial charge in [0.15, 0.2) is 0 Å². The van der Waals surface area contributed by atoms with E-state index in [-0.39, 0.29) is 5.11 Å². The summed E-state index contributed by atoms with van der Waals surface area (Å²) in [5.41, 5.74) is 7.24. The zero-order valence-corrected chi connectivity index (χ0v) is 13.1. The summed E-state index contributed by atoms with van der Waals surface area (Å²) in [6.07, 6.45) is 0. The molecule has 2 N–H and O–H groups in total. The molecule has 0 radical (unpaired) electrons. The fraction of sp³-hybridized carbons (Fsp3) is 0.133. The number of hydrazine groups is 1. The van der Waals surface area contributed by atoms with Crippen LogP contribution >= 0.6 is 12.2 Å². The summed E-state index contributed by atoms with van der Waals surface area (Å²) >= 11 is 5.07. The highest BCUT2D eigenvalue weighted by atomic mass is 32.1. The number of hydrogen-bond acceptors (Lipinski definition) is 5. The second-order valence-electron chi connectivity index (χ2n) is 4.18. The van der Waals surface area contributed by atoms with Gasteiger partial charge in [-0.2, -0.15) is 0 Å². The zero-order chi connectivity index (χ0) is 15.8. The molecule has 2 aromatic carbocycles. The molecule has 6 nitrogen and oxygen atoms in total. The lowest BCUT2D eigenvalue weighted by atomic mass is 10.3. The van der Waals surface area contributed by atoms with E-state index in [0.29, 0.717) is 5.69 Å². The number of nitrogens with zero attached hydrogens (tertiary/aromatic N) is 2. The maximum absolute atomic E-state index is 5.08. The van der Waals surface area contributed by atoms with Gasteiger partial charge >= 0.3 is 0 Å². The third kappa shape index (κ3) is 4.71. The molecule has 0 unspecified atom stereocenters. The molecule has 0 bridgehead atoms. The summed E-state index contributed by atoms with van der Waals surface area (Å²) in [7, 11) is 3.23. The molecule has 0 atom stereocenters. The lowest BCUT2D eigenvalue weighted by Crippen LogP contribution is -2.25. The minimum atomic E-state index is 0.228. The standard InChI is InChI=1S/C15H16N4O2S/c1-20-13-7-3-11(4-8-13)16-18-15(22)19-17-12-5-9-14(21-2)10-6-12/h3-10,16H,1-2H3,(H,18,22). The normalized spacial score (nSPS) is 10.3. The molecule has 2 rings (SSSR count). The number of methoxy groups -OCH3 is 2. The van der Waals surface area contributed by atoms with Crippen molar-refractivity contribution in [2.45, 2.75) is 0 Å². The Kier molecular flexibility index (Phi) is 5.67. The molecule has 0 aliphatic rings. The minimum absolute atomic E-state index is 0.228. The predicted octanol–water partition coefficient (Wildman–Crippen LogP) is 3.69. The highest BCUT2D eigenvalue weighted by Gasteiger charge is 1.96. The van der Waals surface area contributed by atoms with Crippen LogP contribution in [0, 0.1) is 0 Å². The van der Waals surface area contributed by atoms with Gasteiger partial charge in [-0.1, -0.05) is 0 Å². The van der Waals surface area contributed by atoms with Gasteiger partial charge in [-0.15, -0.1) is 10.2 Å². The van der Waals surface area contributed by atoms with E-state index in [2.05, 4.69) is 21.1 Å². The van der Waals surface area contributed by atoms with Gasteiger partial charge in [0.2, 0.25) is 5.11 Å². The third-order valence-corrected chi connectivity index (χ3v) is 2.92. The van der Waals surface area contributed by atoms with Crippen molar-refractivity contribution in [1.29, 1.82) is 0 Å². The van der Waals surface area contributed by atoms with Crippen LogP contribution in [-0.4, -0.2) is 19.3 Å². The Labute approximate surface area is 134 Å². The molecule has 0 saturated heterocycles. The molecule has 22 heavy (non-hydrogen) atoms. The van der Waals surface area contributed by atoms with Crippen LogP contribution in [0.2, 0.25) is 0 Å². The molecule has 0 saturated carbocycles. The summed E-state index contributed by atoms with van der Waals surface area (Å²) in [6.45, 7) is 0. The number of rotatable bonds is 5. The number of azo groups is 1. The van der Waals surface area contributed by atoms with Crippen molar-refractivity contribution in [2.24, 2.45) is 10.2 Å². The van der Waals surface area contributed by atoms with Crippen molar-refractivity contribution < 1.29 is 9.47 Å². The van der Waals surface area contributed by atoms with Crippen LogP contribution in [0.25, 0.3) is 0 Å². The number of nitrogens with one attached hydrogen (secondary N) is 2. The molecule has 0 amide bonds. The quantitative estimate of drug-likeness (QED) is 0.500. The summed E-state index contributed by atoms with van der Waals surface area (Å²) in [4.78, 5) is 0. The van der Waals surface area contributed by atoms with Crippen molar-refractivity contribution in [3.8, 4) is 11.5 Å². The van der Waals surface area contributed by atoms with E-state index >= 15 is 0 Å². The van der Waals surface area contributed by atoms with Crippen molar-refractivity contribution in [1.82, 2.24) is 5.43 Å². The van der Waals surface area contributed by atoms with Gasteiger partial charge in [-0.05, 0) is 60.7 Å². The van der Waals surface area contributed by atoms with Crippen LogP contribution in [0.4, 0.5) is 11.4 Å². The van der Waals surface area contributed by atoms with Crippen LogP contribution in [0.15, 0.2) is 58.8 Å². The molecule has 2 aromatic rings. The monoisotopic (exact) mass is 316 g/mol. The number of benzene rings is 2. The smallest absolute Gasteiger partial charge is 0.232 e. The first-order chi connectivity index (χ1) is 10.7. The van der Waals surface area contributed by atoms with Gasteiger partial charge < -0.3 is 9.47 Å². The Balaban J connectivity index is 1.84. The Morgan fingerprint density at radius 1 is 0.909 bits per heavy atom. The first-order valence-electron chi connectivity index (χ1n) is 6.47. The van der Waals surface area contributed by atoms with Crippen LogP contribution in [0.5, 0.6) is 11.5 Å². The maximum Gasteiger partial charge on any atom is 0.232 e. The van der Waals surface area contributed by atoms with E-state index in [9.17, 15) is 0 Å². The number of anilines is 1. The predicted molar refractivity (Wildman–Crippen MR) is 89.9 cm³/mol. The van der Waals surface area contributed by atoms with E-state index in [0.717, 1.165) is 17.2 Å². The molecule has 0 aliphatic carbocycles. The van der Waals surface area contributed by atoms with Gasteiger partial charge in [-0.25, -0.2) is 0 Å². The Morgan fingerprint density at radius 2 is 1.45 bits per heavy atom. The minimum Gasteiger partial charge on any atom is -0.497 e. The van der Waals surface area contributed by atoms with E-state index in [1.54, 1.807) is 38.5 Å². The zero-order valence-electron chi connectivity index (χ0n) is 12.2. The van der Waals surface area contributed by atoms with Crippen molar-refractivity contribution in [3.05, 3.63) is 48.5 Å². The second-order valence-corrected chi connectivity index (χ2v) is 4.57. The maximum atomic E-state index is 5.08. The fourth-order valence-electron chi connectivity index (χ4n) is 1.58. The fourth-order valence-corrected chi connectivity index (χ4v) is 1.67. The van der Waals surface area contributed by atoms with Crippen LogP contribution in [0.3, 0.4) is 0 Å². The van der Waals surface area contributed by atoms with Gasteiger partial charge in [0.1, 0.15) is 11.5 Å².